The van der Waals surface area contributed by atoms with Gasteiger partial charge in [0.15, 0.2) is 0 Å². The second-order valence-corrected chi connectivity index (χ2v) is 5.16. The third-order valence-electron chi connectivity index (χ3n) is 3.28. The van der Waals surface area contributed by atoms with Crippen molar-refractivity contribution in [1.29, 1.82) is 0 Å². The third kappa shape index (κ3) is 9.08. The van der Waals surface area contributed by atoms with Gasteiger partial charge in [0.2, 0.25) is 0 Å². The number of hydrogen-bond donors (Lipinski definition) is 1. The third-order valence-corrected chi connectivity index (χ3v) is 3.28. The maximum Gasteiger partial charge on any atom is 0.330 e. The number of phenolic OH excluding ortho intramolecular Hbond substituents is 1. The topological polar surface area (TPSA) is 46.5 Å². The molecule has 0 aromatic heterocycles. The lowest BCUT2D eigenvalue weighted by atomic mass is 10.1. The zero-order chi connectivity index (χ0) is 19.0. The predicted molar refractivity (Wildman–Crippen MR) is 109 cm³/mol. The molecule has 26 heavy (non-hydrogen) atoms. The Kier molecular flexibility index (Phi) is 10.4. The number of carbonyl (C=O) groups excluding carboxylic acids is 1. The average molecular weight is 348 g/mol. The van der Waals surface area contributed by atoms with E-state index in [1.54, 1.807) is 18.2 Å². The SMILES string of the molecule is COC(=O)C=CC=CC=CC=CC=CC=CC=Cc1cccc(O)c1C. The normalized spacial score (nSPS) is 13.0. The summed E-state index contributed by atoms with van der Waals surface area (Å²) in [5.41, 5.74) is 1.87. The van der Waals surface area contributed by atoms with Crippen LogP contribution in [0.2, 0.25) is 0 Å². The summed E-state index contributed by atoms with van der Waals surface area (Å²) >= 11 is 0. The largest absolute Gasteiger partial charge is 0.508 e. The lowest BCUT2D eigenvalue weighted by Gasteiger charge is -2.01. The van der Waals surface area contributed by atoms with E-state index in [-0.39, 0.29) is 5.97 Å². The van der Waals surface area contributed by atoms with Crippen molar-refractivity contribution in [3.05, 3.63) is 108 Å². The molecule has 3 heteroatoms. The number of esters is 1. The second kappa shape index (κ2) is 13.0. The van der Waals surface area contributed by atoms with Crippen molar-refractivity contribution in [1.82, 2.24) is 0 Å². The van der Waals surface area contributed by atoms with Gasteiger partial charge in [0.1, 0.15) is 5.75 Å². The van der Waals surface area contributed by atoms with Crippen LogP contribution in [-0.2, 0) is 9.53 Å². The molecule has 0 aliphatic rings. The smallest absolute Gasteiger partial charge is 0.330 e. The van der Waals surface area contributed by atoms with Crippen LogP contribution < -0.4 is 0 Å². The van der Waals surface area contributed by atoms with E-state index in [4.69, 9.17) is 0 Å². The highest BCUT2D eigenvalue weighted by Gasteiger charge is 1.97. The molecule has 0 spiro atoms. The molecule has 0 unspecified atom stereocenters. The van der Waals surface area contributed by atoms with Crippen LogP contribution >= 0.6 is 0 Å². The van der Waals surface area contributed by atoms with Crippen LogP contribution in [0, 0.1) is 6.92 Å². The Bertz CT molecular complexity index is 773. The summed E-state index contributed by atoms with van der Waals surface area (Å²) in [5, 5.41) is 9.63. The lowest BCUT2D eigenvalue weighted by molar-refractivity contribution is -0.134. The summed E-state index contributed by atoms with van der Waals surface area (Å²) < 4.78 is 4.47. The zero-order valence-corrected chi connectivity index (χ0v) is 15.1. The van der Waals surface area contributed by atoms with Crippen molar-refractivity contribution in [2.45, 2.75) is 6.92 Å². The zero-order valence-electron chi connectivity index (χ0n) is 15.1. The van der Waals surface area contributed by atoms with E-state index in [1.807, 2.05) is 85.9 Å². The fourth-order valence-electron chi connectivity index (χ4n) is 1.82. The van der Waals surface area contributed by atoms with Crippen LogP contribution in [0.4, 0.5) is 0 Å². The number of methoxy groups -OCH3 is 1. The number of rotatable bonds is 8. The molecule has 0 bridgehead atoms. The maximum atomic E-state index is 10.8. The van der Waals surface area contributed by atoms with Crippen molar-refractivity contribution in [2.24, 2.45) is 0 Å². The molecule has 3 nitrogen and oxygen atoms in total. The van der Waals surface area contributed by atoms with Crippen LogP contribution in [0.15, 0.2) is 97.2 Å². The Morgan fingerprint density at radius 2 is 1.35 bits per heavy atom. The van der Waals surface area contributed by atoms with E-state index < -0.39 is 0 Å². The molecule has 0 amide bonds. The molecule has 0 radical (unpaired) electrons. The average Bonchev–Trinajstić information content (AvgIpc) is 2.65. The number of aromatic hydroxyl groups is 1. The van der Waals surface area contributed by atoms with Crippen LogP contribution in [0.25, 0.3) is 6.08 Å². The number of phenols is 1. The fourth-order valence-corrected chi connectivity index (χ4v) is 1.82. The first-order valence-corrected chi connectivity index (χ1v) is 8.19. The highest BCUT2D eigenvalue weighted by Crippen LogP contribution is 2.20. The molecule has 0 heterocycles. The summed E-state index contributed by atoms with van der Waals surface area (Å²) in [4.78, 5) is 10.8. The Balaban J connectivity index is 2.33. The summed E-state index contributed by atoms with van der Waals surface area (Å²) in [6, 6.07) is 5.47. The van der Waals surface area contributed by atoms with Gasteiger partial charge in [-0.3, -0.25) is 0 Å². The maximum absolute atomic E-state index is 10.8. The Hall–Kier alpha value is -3.33. The molecule has 134 valence electrons. The number of ether oxygens (including phenoxy) is 1. The van der Waals surface area contributed by atoms with Crippen molar-refractivity contribution >= 4 is 12.0 Å². The first-order valence-electron chi connectivity index (χ1n) is 8.19. The lowest BCUT2D eigenvalue weighted by Crippen LogP contribution is -1.92. The highest BCUT2D eigenvalue weighted by atomic mass is 16.5. The van der Waals surface area contributed by atoms with Crippen LogP contribution in [0.1, 0.15) is 11.1 Å². The van der Waals surface area contributed by atoms with Gasteiger partial charge in [-0.1, -0.05) is 91.1 Å². The van der Waals surface area contributed by atoms with Gasteiger partial charge < -0.3 is 9.84 Å². The van der Waals surface area contributed by atoms with Crippen LogP contribution in [0.5, 0.6) is 5.75 Å². The van der Waals surface area contributed by atoms with E-state index in [0.717, 1.165) is 11.1 Å². The number of carbonyl (C=O) groups is 1. The van der Waals surface area contributed by atoms with Gasteiger partial charge >= 0.3 is 5.97 Å². The number of benzene rings is 1. The monoisotopic (exact) mass is 348 g/mol. The van der Waals surface area contributed by atoms with Crippen LogP contribution in [0.3, 0.4) is 0 Å². The molecular weight excluding hydrogens is 324 g/mol. The van der Waals surface area contributed by atoms with Gasteiger partial charge in [-0.15, -0.1) is 0 Å². The van der Waals surface area contributed by atoms with E-state index in [2.05, 4.69) is 4.74 Å². The van der Waals surface area contributed by atoms with Crippen molar-refractivity contribution in [3.63, 3.8) is 0 Å². The van der Waals surface area contributed by atoms with Gasteiger partial charge in [-0.2, -0.15) is 0 Å². The molecule has 1 aromatic carbocycles. The molecule has 0 saturated heterocycles. The fraction of sp³-hybridized carbons (Fsp3) is 0.0870. The minimum Gasteiger partial charge on any atom is -0.508 e. The number of hydrogen-bond acceptors (Lipinski definition) is 3. The second-order valence-electron chi connectivity index (χ2n) is 5.16. The highest BCUT2D eigenvalue weighted by molar-refractivity contribution is 5.82. The predicted octanol–water partition coefficient (Wildman–Crippen LogP) is 5.22. The van der Waals surface area contributed by atoms with E-state index in [9.17, 15) is 9.90 Å². The quantitative estimate of drug-likeness (QED) is 0.398. The standard InChI is InChI=1S/C23H24O3/c1-20-21(17-15-18-22(20)24)16-13-11-9-7-5-3-4-6-8-10-12-14-19-23(25)26-2/h3-19,24H,1-2H3. The molecule has 0 fully saturated rings. The van der Waals surface area contributed by atoms with Gasteiger partial charge in [0.25, 0.3) is 0 Å². The van der Waals surface area contributed by atoms with Crippen molar-refractivity contribution in [2.75, 3.05) is 7.11 Å². The first-order chi connectivity index (χ1) is 12.6. The minimum atomic E-state index is -0.372. The summed E-state index contributed by atoms with van der Waals surface area (Å²) in [6.45, 7) is 1.89. The molecule has 0 aliphatic heterocycles. The van der Waals surface area contributed by atoms with E-state index in [1.165, 1.54) is 13.2 Å². The van der Waals surface area contributed by atoms with Gasteiger partial charge in [0.05, 0.1) is 7.11 Å². The van der Waals surface area contributed by atoms with E-state index >= 15 is 0 Å². The first kappa shape index (κ1) is 20.7. The molecule has 1 rings (SSSR count). The minimum absolute atomic E-state index is 0.309. The summed E-state index contributed by atoms with van der Waals surface area (Å²) in [5.74, 6) is -0.0628. The van der Waals surface area contributed by atoms with Crippen molar-refractivity contribution < 1.29 is 14.6 Å². The summed E-state index contributed by atoms with van der Waals surface area (Å²) in [7, 11) is 1.34. The molecule has 1 N–H and O–H groups in total. The molecule has 1 aromatic rings. The molecule has 0 saturated carbocycles. The van der Waals surface area contributed by atoms with Crippen molar-refractivity contribution in [3.8, 4) is 5.75 Å². The molecule has 0 atom stereocenters. The van der Waals surface area contributed by atoms with E-state index in [0.29, 0.717) is 5.75 Å². The van der Waals surface area contributed by atoms with Gasteiger partial charge in [-0.25, -0.2) is 4.79 Å². The van der Waals surface area contributed by atoms with Gasteiger partial charge in [-0.05, 0) is 24.1 Å². The molecule has 0 aliphatic carbocycles. The Labute approximate surface area is 155 Å². The Morgan fingerprint density at radius 3 is 1.88 bits per heavy atom. The Morgan fingerprint density at radius 1 is 0.846 bits per heavy atom. The number of allylic oxidation sites excluding steroid dienone is 12. The van der Waals surface area contributed by atoms with Gasteiger partial charge in [0, 0.05) is 6.08 Å². The van der Waals surface area contributed by atoms with Crippen LogP contribution in [-0.4, -0.2) is 18.2 Å². The summed E-state index contributed by atoms with van der Waals surface area (Å²) in [6.07, 6.45) is 25.7. The molecular formula is C23H24O3.